The van der Waals surface area contributed by atoms with Gasteiger partial charge < -0.3 is 9.84 Å². The minimum absolute atomic E-state index is 0.0262. The van der Waals surface area contributed by atoms with Gasteiger partial charge in [-0.15, -0.1) is 0 Å². The molecule has 2 fully saturated rings. The molecule has 0 spiro atoms. The number of carbonyl (C=O) groups excluding carboxylic acids is 2. The van der Waals surface area contributed by atoms with Crippen molar-refractivity contribution < 1.29 is 58.6 Å². The Morgan fingerprint density at radius 3 is 2.17 bits per heavy atom. The van der Waals surface area contributed by atoms with Crippen LogP contribution in [0.1, 0.15) is 56.6 Å². The molecule has 0 aromatic heterocycles. The molecule has 7 nitrogen and oxygen atoms in total. The molecule has 3 aliphatic rings. The van der Waals surface area contributed by atoms with Gasteiger partial charge in [0.15, 0.2) is 0 Å². The van der Waals surface area contributed by atoms with Crippen LogP contribution < -0.4 is 4.31 Å². The van der Waals surface area contributed by atoms with Crippen molar-refractivity contribution in [2.45, 2.75) is 80.8 Å². The van der Waals surface area contributed by atoms with Crippen molar-refractivity contribution >= 4 is 27.5 Å². The molecule has 0 amide bonds. The minimum Gasteiger partial charge on any atom is -0.466 e. The SMILES string of the molecule is CCOC(=O)[C@H]1C2CCC(C2)[C@H]1CC(=O)C[C@@H]1CCc2cc(C(O)(C(F)(F)F)C(F)(F)F)ccc2N1S(=O)(=O)c1ccc(F)cc1. The van der Waals surface area contributed by atoms with Crippen LogP contribution >= 0.6 is 0 Å². The number of hydrogen-bond acceptors (Lipinski definition) is 6. The Labute approximate surface area is 260 Å². The quantitative estimate of drug-likeness (QED) is 0.250. The van der Waals surface area contributed by atoms with Gasteiger partial charge in [-0.3, -0.25) is 13.9 Å². The molecular formula is C31H32F7NO6S. The molecule has 2 unspecified atom stereocenters. The molecule has 5 rings (SSSR count). The zero-order valence-electron chi connectivity index (χ0n) is 24.6. The summed E-state index contributed by atoms with van der Waals surface area (Å²) in [5, 5.41) is 9.94. The number of sulfonamides is 1. The van der Waals surface area contributed by atoms with Gasteiger partial charge in [-0.05, 0) is 92.7 Å². The van der Waals surface area contributed by atoms with Gasteiger partial charge in [0, 0.05) is 18.4 Å². The van der Waals surface area contributed by atoms with Crippen molar-refractivity contribution in [3.05, 3.63) is 59.4 Å². The standard InChI is InChI=1S/C31H32F7NO6S/c1-2-45-28(41)27-19-4-3-17(13-19)25(27)16-23(40)15-22-9-5-18-14-20(29(42,30(33,34)35)31(36,37)38)6-12-26(18)39(22)46(43,44)24-10-7-21(32)8-11-24/h6-8,10-12,14,17,19,22,25,27,42H,2-5,9,13,15-16H2,1H3/t17?,19?,22-,25+,27-/m0/s1. The number of hydrogen-bond donors (Lipinski definition) is 1. The van der Waals surface area contributed by atoms with Gasteiger partial charge in [0.2, 0.25) is 0 Å². The zero-order valence-corrected chi connectivity index (χ0v) is 25.4. The summed E-state index contributed by atoms with van der Waals surface area (Å²) in [6, 6.07) is 4.14. The average molecular weight is 680 g/mol. The summed E-state index contributed by atoms with van der Waals surface area (Å²) < 4.78 is 129. The predicted molar refractivity (Wildman–Crippen MR) is 149 cm³/mol. The van der Waals surface area contributed by atoms with E-state index in [-0.39, 0.29) is 73.0 Å². The highest BCUT2D eigenvalue weighted by Crippen LogP contribution is 2.55. The molecule has 2 aromatic rings. The normalized spacial score (nSPS) is 25.0. The third kappa shape index (κ3) is 5.88. The van der Waals surface area contributed by atoms with Crippen LogP contribution in [-0.4, -0.2) is 50.3 Å². The number of rotatable bonds is 9. The monoisotopic (exact) mass is 679 g/mol. The third-order valence-electron chi connectivity index (χ3n) is 9.58. The van der Waals surface area contributed by atoms with E-state index in [1.54, 1.807) is 6.92 Å². The highest BCUT2D eigenvalue weighted by molar-refractivity contribution is 7.92. The molecule has 0 saturated heterocycles. The van der Waals surface area contributed by atoms with Crippen LogP contribution in [0.5, 0.6) is 0 Å². The van der Waals surface area contributed by atoms with E-state index in [0.717, 1.165) is 53.9 Å². The molecule has 2 aromatic carbocycles. The van der Waals surface area contributed by atoms with Crippen molar-refractivity contribution in [1.82, 2.24) is 0 Å². The van der Waals surface area contributed by atoms with E-state index in [1.165, 1.54) is 0 Å². The third-order valence-corrected chi connectivity index (χ3v) is 11.5. The van der Waals surface area contributed by atoms with Crippen LogP contribution in [0.25, 0.3) is 0 Å². The maximum absolute atomic E-state index is 13.9. The number of anilines is 1. The number of alkyl halides is 6. The molecule has 1 heterocycles. The van der Waals surface area contributed by atoms with Crippen LogP contribution in [0, 0.1) is 29.5 Å². The van der Waals surface area contributed by atoms with Crippen molar-refractivity contribution in [3.63, 3.8) is 0 Å². The first-order valence-electron chi connectivity index (χ1n) is 14.9. The van der Waals surface area contributed by atoms with Gasteiger partial charge in [0.25, 0.3) is 15.6 Å². The Hall–Kier alpha value is -3.20. The number of aliphatic hydroxyl groups is 1. The van der Waals surface area contributed by atoms with E-state index >= 15 is 0 Å². The maximum atomic E-state index is 13.9. The molecule has 0 radical (unpaired) electrons. The van der Waals surface area contributed by atoms with E-state index in [2.05, 4.69) is 0 Å². The fourth-order valence-corrected chi connectivity index (χ4v) is 9.22. The number of Topliss-reactive ketones (excluding diaryl/α,β-unsaturated/α-hetero) is 1. The lowest BCUT2D eigenvalue weighted by Crippen LogP contribution is -2.54. The van der Waals surface area contributed by atoms with Crippen molar-refractivity contribution in [2.24, 2.45) is 23.7 Å². The Kier molecular flexibility index (Phi) is 8.99. The minimum atomic E-state index is -6.15. The molecule has 5 atom stereocenters. The van der Waals surface area contributed by atoms with Gasteiger partial charge in [-0.2, -0.15) is 26.3 Å². The number of esters is 1. The van der Waals surface area contributed by atoms with Crippen molar-refractivity contribution in [3.8, 4) is 0 Å². The largest absolute Gasteiger partial charge is 0.466 e. The summed E-state index contributed by atoms with van der Waals surface area (Å²) in [5.41, 5.74) is -7.26. The molecular weight excluding hydrogens is 647 g/mol. The lowest BCUT2D eigenvalue weighted by atomic mass is 9.76. The first-order valence-corrected chi connectivity index (χ1v) is 16.3. The lowest BCUT2D eigenvalue weighted by Gasteiger charge is -2.39. The topological polar surface area (TPSA) is 101 Å². The summed E-state index contributed by atoms with van der Waals surface area (Å²) in [4.78, 5) is 25.9. The summed E-state index contributed by atoms with van der Waals surface area (Å²) in [7, 11) is -4.63. The molecule has 15 heteroatoms. The second-order valence-corrected chi connectivity index (χ2v) is 14.0. The van der Waals surface area contributed by atoms with E-state index in [9.17, 15) is 53.8 Å². The van der Waals surface area contributed by atoms with Crippen molar-refractivity contribution in [2.75, 3.05) is 10.9 Å². The molecule has 1 aliphatic heterocycles. The number of fused-ring (bicyclic) bond motifs is 3. The van der Waals surface area contributed by atoms with Crippen molar-refractivity contribution in [1.29, 1.82) is 0 Å². The Morgan fingerprint density at radius 1 is 0.935 bits per heavy atom. The summed E-state index contributed by atoms with van der Waals surface area (Å²) in [6.45, 7) is 1.86. The number of ether oxygens (including phenoxy) is 1. The van der Waals surface area contributed by atoms with Gasteiger partial charge in [-0.25, -0.2) is 12.8 Å². The Bertz CT molecular complexity index is 1580. The van der Waals surface area contributed by atoms with E-state index in [0.29, 0.717) is 12.1 Å². The van der Waals surface area contributed by atoms with Gasteiger partial charge in [0.1, 0.15) is 11.6 Å². The first kappa shape index (κ1) is 34.1. The Morgan fingerprint density at radius 2 is 1.57 bits per heavy atom. The first-order chi connectivity index (χ1) is 21.4. The van der Waals surface area contributed by atoms with Gasteiger partial charge in [-0.1, -0.05) is 12.1 Å². The van der Waals surface area contributed by atoms with E-state index in [1.807, 2.05) is 0 Å². The smallest absolute Gasteiger partial charge is 0.430 e. The lowest BCUT2D eigenvalue weighted by molar-refractivity contribution is -0.376. The molecule has 2 bridgehead atoms. The van der Waals surface area contributed by atoms with Crippen LogP contribution in [0.4, 0.5) is 36.4 Å². The predicted octanol–water partition coefficient (Wildman–Crippen LogP) is 6.22. The number of carbonyl (C=O) groups is 2. The van der Waals surface area contributed by atoms with Crippen LogP contribution in [0.3, 0.4) is 0 Å². The van der Waals surface area contributed by atoms with E-state index in [4.69, 9.17) is 4.74 Å². The summed E-state index contributed by atoms with van der Waals surface area (Å²) in [5.74, 6) is -2.06. The number of nitrogens with zero attached hydrogens (tertiary/aromatic N) is 1. The number of ketones is 1. The fraction of sp³-hybridized carbons (Fsp3) is 0.548. The second kappa shape index (κ2) is 12.1. The molecule has 2 aliphatic carbocycles. The number of benzene rings is 2. The molecule has 46 heavy (non-hydrogen) atoms. The summed E-state index contributed by atoms with van der Waals surface area (Å²) in [6.07, 6.45) is -10.6. The molecule has 1 N–H and O–H groups in total. The van der Waals surface area contributed by atoms with Crippen LogP contribution in [0.2, 0.25) is 0 Å². The van der Waals surface area contributed by atoms with E-state index < -0.39 is 56.2 Å². The second-order valence-electron chi connectivity index (χ2n) is 12.2. The van der Waals surface area contributed by atoms with Gasteiger partial charge in [0.05, 0.1) is 29.1 Å². The average Bonchev–Trinajstić information content (AvgIpc) is 3.57. The maximum Gasteiger partial charge on any atom is 0.430 e. The van der Waals surface area contributed by atoms with Crippen LogP contribution in [-0.2, 0) is 36.4 Å². The number of aryl methyl sites for hydroxylation is 1. The van der Waals surface area contributed by atoms with Crippen LogP contribution in [0.15, 0.2) is 47.4 Å². The zero-order chi connectivity index (χ0) is 33.8. The molecule has 252 valence electrons. The Balaban J connectivity index is 1.50. The highest BCUT2D eigenvalue weighted by atomic mass is 32.2. The number of halogens is 7. The fourth-order valence-electron chi connectivity index (χ4n) is 7.50. The molecule has 2 saturated carbocycles. The summed E-state index contributed by atoms with van der Waals surface area (Å²) >= 11 is 0. The van der Waals surface area contributed by atoms with Gasteiger partial charge >= 0.3 is 18.3 Å². The highest BCUT2D eigenvalue weighted by Gasteiger charge is 2.71.